The molecule has 6 heteroatoms. The smallest absolute Gasteiger partial charge is 0.357 e. The summed E-state index contributed by atoms with van der Waals surface area (Å²) in [6.45, 7) is 0. The topological polar surface area (TPSA) is 80.3 Å². The Morgan fingerprint density at radius 3 is 1.28 bits per heavy atom. The van der Waals surface area contributed by atoms with E-state index in [1.165, 1.54) is 7.14 Å². The Morgan fingerprint density at radius 1 is 0.722 bits per heavy atom. The van der Waals surface area contributed by atoms with Crippen LogP contribution >= 0.6 is 0 Å². The lowest BCUT2D eigenvalue weighted by Crippen LogP contribution is -3.61. The van der Waals surface area contributed by atoms with Gasteiger partial charge in [-0.05, 0) is 24.3 Å². The first-order chi connectivity index (χ1) is 8.45. The van der Waals surface area contributed by atoms with Crippen molar-refractivity contribution in [3.05, 3.63) is 67.8 Å². The highest BCUT2D eigenvalue weighted by Crippen LogP contribution is 1.85. The predicted octanol–water partition coefficient (Wildman–Crippen LogP) is -1.52. The Hall–Kier alpha value is -0.960. The summed E-state index contributed by atoms with van der Waals surface area (Å²) in [5.74, 6) is 0. The molecule has 0 aliphatic heterocycles. The Labute approximate surface area is 117 Å². The SMILES string of the molecule is O=S(=O)([O-])[O-].c1ccc([I+]c2ccccc2)cc1. The highest BCUT2D eigenvalue weighted by molar-refractivity contribution is 7.79. The van der Waals surface area contributed by atoms with Gasteiger partial charge < -0.3 is 9.11 Å². The van der Waals surface area contributed by atoms with E-state index in [0.717, 1.165) is 0 Å². The molecular weight excluding hydrogens is 367 g/mol. The van der Waals surface area contributed by atoms with Crippen molar-refractivity contribution in [1.29, 1.82) is 0 Å². The van der Waals surface area contributed by atoms with Crippen LogP contribution in [0.1, 0.15) is 0 Å². The van der Waals surface area contributed by atoms with E-state index < -0.39 is 10.4 Å². The maximum Gasteiger partial charge on any atom is 0.357 e. The zero-order valence-corrected chi connectivity index (χ0v) is 12.2. The van der Waals surface area contributed by atoms with Crippen LogP contribution in [0.5, 0.6) is 0 Å². The molecule has 2 aromatic rings. The zero-order valence-electron chi connectivity index (χ0n) is 9.19. The lowest BCUT2D eigenvalue weighted by atomic mass is 10.4. The minimum atomic E-state index is -5.17. The molecule has 18 heavy (non-hydrogen) atoms. The van der Waals surface area contributed by atoms with Crippen molar-refractivity contribution in [2.24, 2.45) is 0 Å². The van der Waals surface area contributed by atoms with E-state index in [4.69, 9.17) is 17.5 Å². The van der Waals surface area contributed by atoms with Gasteiger partial charge in [0.05, 0.1) is 0 Å². The molecule has 0 saturated heterocycles. The number of rotatable bonds is 2. The van der Waals surface area contributed by atoms with Gasteiger partial charge in [0.15, 0.2) is 7.14 Å². The third-order valence-corrected chi connectivity index (χ3v) is 4.37. The zero-order chi connectivity index (χ0) is 13.4. The Kier molecular flexibility index (Phi) is 6.27. The standard InChI is InChI=1S/C12H10I.H2O4S/c1-3-7-11(8-4-1)13-12-9-5-2-6-10-12;1-5(2,3)4/h1-10H;(H2,1,2,3,4)/q+1;/p-2. The number of halogens is 1. The van der Waals surface area contributed by atoms with Crippen molar-refractivity contribution in [3.63, 3.8) is 0 Å². The van der Waals surface area contributed by atoms with Crippen LogP contribution in [0.4, 0.5) is 0 Å². The van der Waals surface area contributed by atoms with Gasteiger partial charge in [0.25, 0.3) is 0 Å². The molecule has 0 saturated carbocycles. The largest absolute Gasteiger partial charge is 0.759 e. The number of hydrogen-bond donors (Lipinski definition) is 0. The van der Waals surface area contributed by atoms with Gasteiger partial charge in [-0.15, -0.1) is 0 Å². The minimum absolute atomic E-state index is 0.0287. The summed E-state index contributed by atoms with van der Waals surface area (Å²) < 4.78 is 37.0. The molecule has 0 radical (unpaired) electrons. The molecule has 2 aromatic carbocycles. The molecule has 0 heterocycles. The van der Waals surface area contributed by atoms with Crippen molar-refractivity contribution < 1.29 is 38.7 Å². The molecular formula is C12H10IO4S-. The second kappa shape index (κ2) is 7.47. The molecule has 2 rings (SSSR count). The van der Waals surface area contributed by atoms with Gasteiger partial charge in [0.2, 0.25) is 0 Å². The first-order valence-corrected chi connectivity index (χ1v) is 8.36. The molecule has 96 valence electrons. The van der Waals surface area contributed by atoms with Crippen molar-refractivity contribution in [2.75, 3.05) is 0 Å². The molecule has 0 amide bonds. The predicted molar refractivity (Wildman–Crippen MR) is 60.8 cm³/mol. The Bertz CT molecular complexity index is 510. The second-order valence-electron chi connectivity index (χ2n) is 3.09. The molecule has 4 nitrogen and oxygen atoms in total. The lowest BCUT2D eigenvalue weighted by Gasteiger charge is -2.06. The van der Waals surface area contributed by atoms with Crippen LogP contribution in [0.25, 0.3) is 0 Å². The van der Waals surface area contributed by atoms with E-state index in [1.807, 2.05) is 0 Å². The van der Waals surface area contributed by atoms with Gasteiger partial charge in [0, 0.05) is 10.4 Å². The third-order valence-electron chi connectivity index (χ3n) is 1.68. The number of benzene rings is 2. The van der Waals surface area contributed by atoms with Crippen LogP contribution in [-0.2, 0) is 10.4 Å². The van der Waals surface area contributed by atoms with E-state index >= 15 is 0 Å². The fourth-order valence-electron chi connectivity index (χ4n) is 1.08. The lowest BCUT2D eigenvalue weighted by molar-refractivity contribution is -0.597. The molecule has 0 bridgehead atoms. The van der Waals surface area contributed by atoms with Crippen molar-refractivity contribution in [2.45, 2.75) is 0 Å². The highest BCUT2D eigenvalue weighted by atomic mass is 127. The van der Waals surface area contributed by atoms with Crippen LogP contribution in [0.15, 0.2) is 60.7 Å². The minimum Gasteiger partial charge on any atom is -0.759 e. The summed E-state index contributed by atoms with van der Waals surface area (Å²) in [7, 11) is -5.17. The first-order valence-electron chi connectivity index (χ1n) is 4.87. The van der Waals surface area contributed by atoms with Gasteiger partial charge >= 0.3 is 21.2 Å². The van der Waals surface area contributed by atoms with Crippen LogP contribution in [-0.4, -0.2) is 17.5 Å². The molecule has 0 unspecified atom stereocenters. The maximum absolute atomic E-state index is 8.52. The molecule has 0 aromatic heterocycles. The molecule has 0 fully saturated rings. The van der Waals surface area contributed by atoms with Crippen molar-refractivity contribution in [1.82, 2.24) is 0 Å². The normalized spacial score (nSPS) is 10.3. The quantitative estimate of drug-likeness (QED) is 0.362. The van der Waals surface area contributed by atoms with Gasteiger partial charge in [-0.2, -0.15) is 0 Å². The molecule has 0 N–H and O–H groups in total. The second-order valence-corrected chi connectivity index (χ2v) is 6.94. The monoisotopic (exact) mass is 377 g/mol. The summed E-state index contributed by atoms with van der Waals surface area (Å²) in [6, 6.07) is 21.4. The Morgan fingerprint density at radius 2 is 1.00 bits per heavy atom. The average molecular weight is 377 g/mol. The van der Waals surface area contributed by atoms with Crippen LogP contribution in [0, 0.1) is 7.14 Å². The summed E-state index contributed by atoms with van der Waals surface area (Å²) in [6.07, 6.45) is 0. The van der Waals surface area contributed by atoms with E-state index in [2.05, 4.69) is 60.7 Å². The van der Waals surface area contributed by atoms with Gasteiger partial charge in [-0.25, -0.2) is 0 Å². The van der Waals surface area contributed by atoms with Crippen molar-refractivity contribution >= 4 is 10.4 Å². The van der Waals surface area contributed by atoms with Crippen LogP contribution in [0.3, 0.4) is 0 Å². The third kappa shape index (κ3) is 8.18. The fourth-order valence-corrected chi connectivity index (χ4v) is 3.35. The van der Waals surface area contributed by atoms with Gasteiger partial charge in [0.1, 0.15) is 0 Å². The highest BCUT2D eigenvalue weighted by Gasteiger charge is 2.12. The van der Waals surface area contributed by atoms with Crippen LogP contribution < -0.4 is 21.2 Å². The summed E-state index contributed by atoms with van der Waals surface area (Å²) >= 11 is 0.0287. The van der Waals surface area contributed by atoms with Gasteiger partial charge in [-0.3, -0.25) is 8.42 Å². The van der Waals surface area contributed by atoms with Gasteiger partial charge in [-0.1, -0.05) is 36.4 Å². The van der Waals surface area contributed by atoms with Crippen LogP contribution in [0.2, 0.25) is 0 Å². The van der Waals surface area contributed by atoms with E-state index in [9.17, 15) is 0 Å². The molecule has 0 spiro atoms. The van der Waals surface area contributed by atoms with E-state index in [-0.39, 0.29) is 21.2 Å². The van der Waals surface area contributed by atoms with E-state index in [1.54, 1.807) is 0 Å². The summed E-state index contributed by atoms with van der Waals surface area (Å²) in [4.78, 5) is 0. The fraction of sp³-hybridized carbons (Fsp3) is 0. The molecule has 0 aliphatic carbocycles. The van der Waals surface area contributed by atoms with Crippen molar-refractivity contribution in [3.8, 4) is 0 Å². The van der Waals surface area contributed by atoms with E-state index in [0.29, 0.717) is 0 Å². The number of hydrogen-bond acceptors (Lipinski definition) is 4. The molecule has 0 aliphatic rings. The molecule has 0 atom stereocenters. The summed E-state index contributed by atoms with van der Waals surface area (Å²) in [5.41, 5.74) is 0. The summed E-state index contributed by atoms with van der Waals surface area (Å²) in [5, 5.41) is 0. The maximum atomic E-state index is 8.52. The Balaban J connectivity index is 0.000000280. The first kappa shape index (κ1) is 15.1. The average Bonchev–Trinajstić information content (AvgIpc) is 2.29.